The highest BCUT2D eigenvalue weighted by Gasteiger charge is 2.34. The smallest absolute Gasteiger partial charge is 0.410 e. The molecule has 1 atom stereocenters. The van der Waals surface area contributed by atoms with Crippen molar-refractivity contribution in [2.75, 3.05) is 41.3 Å². The lowest BCUT2D eigenvalue weighted by molar-refractivity contribution is 0.0159. The number of aryl methyl sites for hydroxylation is 2. The number of carbonyl (C=O) groups excluding carboxylic acids is 2. The average Bonchev–Trinajstić information content (AvgIpc) is 3.40. The Morgan fingerprint density at radius 3 is 2.68 bits per heavy atom. The van der Waals surface area contributed by atoms with E-state index in [1.807, 2.05) is 66.1 Å². The van der Waals surface area contributed by atoms with E-state index >= 15 is 0 Å². The molecule has 196 valence electrons. The van der Waals surface area contributed by atoms with Gasteiger partial charge in [0.2, 0.25) is 0 Å². The number of anilines is 3. The lowest BCUT2D eigenvalue weighted by Gasteiger charge is -2.41. The number of hydrogen-bond donors (Lipinski definition) is 1. The zero-order valence-electron chi connectivity index (χ0n) is 22.4. The van der Waals surface area contributed by atoms with Crippen LogP contribution in [0.2, 0.25) is 0 Å². The van der Waals surface area contributed by atoms with Gasteiger partial charge in [-0.2, -0.15) is 5.10 Å². The number of nitrogens with one attached hydrogen (secondary N) is 1. The van der Waals surface area contributed by atoms with Crippen LogP contribution in [-0.2, 0) is 18.2 Å². The van der Waals surface area contributed by atoms with Crippen molar-refractivity contribution in [1.82, 2.24) is 19.7 Å². The highest BCUT2D eigenvalue weighted by molar-refractivity contribution is 6.04. The van der Waals surface area contributed by atoms with E-state index < -0.39 is 5.60 Å². The second-order valence-electron chi connectivity index (χ2n) is 11.0. The van der Waals surface area contributed by atoms with Gasteiger partial charge in [-0.15, -0.1) is 0 Å². The second-order valence-corrected chi connectivity index (χ2v) is 11.0. The minimum atomic E-state index is -0.522. The summed E-state index contributed by atoms with van der Waals surface area (Å²) in [6.07, 6.45) is 4.15. The van der Waals surface area contributed by atoms with Crippen molar-refractivity contribution in [2.45, 2.75) is 52.7 Å². The molecule has 2 aromatic heterocycles. The molecule has 1 saturated heterocycles. The van der Waals surface area contributed by atoms with Crippen molar-refractivity contribution >= 4 is 40.2 Å². The van der Waals surface area contributed by atoms with Crippen molar-refractivity contribution in [3.63, 3.8) is 0 Å². The Balaban J connectivity index is 1.31. The summed E-state index contributed by atoms with van der Waals surface area (Å²) in [5.74, 6) is 0.692. The molecule has 0 saturated carbocycles. The van der Waals surface area contributed by atoms with Gasteiger partial charge in [0.15, 0.2) is 0 Å². The Morgan fingerprint density at radius 1 is 1.16 bits per heavy atom. The monoisotopic (exact) mass is 505 g/mol. The van der Waals surface area contributed by atoms with E-state index in [0.717, 1.165) is 39.8 Å². The summed E-state index contributed by atoms with van der Waals surface area (Å²) in [4.78, 5) is 36.3. The predicted octanol–water partition coefficient (Wildman–Crippen LogP) is 4.32. The van der Waals surface area contributed by atoms with Crippen LogP contribution in [0.4, 0.5) is 26.8 Å². The first-order valence-corrected chi connectivity index (χ1v) is 12.7. The Bertz CT molecular complexity index is 1360. The van der Waals surface area contributed by atoms with E-state index in [1.165, 1.54) is 0 Å². The Morgan fingerprint density at radius 2 is 1.95 bits per heavy atom. The van der Waals surface area contributed by atoms with E-state index in [1.54, 1.807) is 20.7 Å². The molecule has 10 heteroatoms. The van der Waals surface area contributed by atoms with Crippen molar-refractivity contribution in [3.8, 4) is 0 Å². The molecule has 3 amide bonds. The quantitative estimate of drug-likeness (QED) is 0.557. The first-order valence-electron chi connectivity index (χ1n) is 12.7. The maximum absolute atomic E-state index is 13.3. The number of fused-ring (bicyclic) bond motifs is 2. The number of piperazine rings is 1. The fraction of sp³-hybridized carbons (Fsp3) is 0.481. The molecule has 37 heavy (non-hydrogen) atoms. The molecule has 0 unspecified atom stereocenters. The number of benzene rings is 1. The standard InChI is InChI=1S/C27H35N7O3/c1-17-13-22-19(16-31(6)30-22)14-21(17)29-25(35)34-10-8-20-23(7-9-28-24(20)34)32-11-12-33(18(2)15-32)26(36)37-27(3,4)5/h7,9,13-14,16,18H,8,10-12,15H2,1-6H3,(H,29,35)/t18-/m0/s1. The third-order valence-electron chi connectivity index (χ3n) is 6.90. The highest BCUT2D eigenvalue weighted by Crippen LogP contribution is 2.35. The van der Waals surface area contributed by atoms with E-state index in [-0.39, 0.29) is 18.2 Å². The Kier molecular flexibility index (Phi) is 6.21. The molecule has 0 radical (unpaired) electrons. The molecule has 2 aliphatic heterocycles. The summed E-state index contributed by atoms with van der Waals surface area (Å²) in [7, 11) is 1.89. The van der Waals surface area contributed by atoms with Gasteiger partial charge in [0.05, 0.1) is 5.52 Å². The fourth-order valence-electron chi connectivity index (χ4n) is 5.15. The SMILES string of the molecule is Cc1cc2nn(C)cc2cc1NC(=O)N1CCc2c(N3CCN(C(=O)OC(C)(C)C)[C@@H](C)C3)ccnc21. The Labute approximate surface area is 217 Å². The zero-order chi connectivity index (χ0) is 26.5. The van der Waals surface area contributed by atoms with Crippen molar-refractivity contribution in [2.24, 2.45) is 7.05 Å². The molecule has 2 aliphatic rings. The Hall–Kier alpha value is -3.82. The molecule has 1 aromatic carbocycles. The number of pyridine rings is 1. The molecule has 10 nitrogen and oxygen atoms in total. The fourth-order valence-corrected chi connectivity index (χ4v) is 5.15. The molecule has 3 aromatic rings. The molecule has 0 aliphatic carbocycles. The van der Waals surface area contributed by atoms with Crippen molar-refractivity contribution in [1.29, 1.82) is 0 Å². The van der Waals surface area contributed by atoms with E-state index in [4.69, 9.17) is 4.74 Å². The number of aromatic nitrogens is 3. The number of urea groups is 1. The summed E-state index contributed by atoms with van der Waals surface area (Å²) in [6.45, 7) is 12.2. The van der Waals surface area contributed by atoms with Crippen LogP contribution in [0, 0.1) is 6.92 Å². The molecule has 1 fully saturated rings. The van der Waals surface area contributed by atoms with Gasteiger partial charge < -0.3 is 19.9 Å². The summed E-state index contributed by atoms with van der Waals surface area (Å²) in [6, 6.07) is 5.76. The lowest BCUT2D eigenvalue weighted by Crippen LogP contribution is -2.55. The van der Waals surface area contributed by atoms with Gasteiger partial charge in [0.25, 0.3) is 0 Å². The number of ether oxygens (including phenoxy) is 1. The van der Waals surface area contributed by atoms with Gasteiger partial charge in [-0.1, -0.05) is 0 Å². The van der Waals surface area contributed by atoms with Gasteiger partial charge in [0.1, 0.15) is 11.4 Å². The van der Waals surface area contributed by atoms with Crippen LogP contribution in [0.5, 0.6) is 0 Å². The molecular formula is C27H35N7O3. The molecular weight excluding hydrogens is 470 g/mol. The van der Waals surface area contributed by atoms with Crippen molar-refractivity contribution in [3.05, 3.63) is 41.7 Å². The predicted molar refractivity (Wildman–Crippen MR) is 144 cm³/mol. The first-order chi connectivity index (χ1) is 17.5. The normalized spacial score (nSPS) is 17.8. The highest BCUT2D eigenvalue weighted by atomic mass is 16.6. The van der Waals surface area contributed by atoms with Gasteiger partial charge in [-0.05, 0) is 64.8 Å². The van der Waals surface area contributed by atoms with Crippen LogP contribution >= 0.6 is 0 Å². The minimum Gasteiger partial charge on any atom is -0.444 e. The van der Waals surface area contributed by atoms with Gasteiger partial charge in [0, 0.05) is 74.0 Å². The van der Waals surface area contributed by atoms with E-state index in [2.05, 4.69) is 20.3 Å². The van der Waals surface area contributed by atoms with Crippen LogP contribution in [0.25, 0.3) is 10.9 Å². The van der Waals surface area contributed by atoms with Crippen LogP contribution in [0.3, 0.4) is 0 Å². The molecule has 4 heterocycles. The molecule has 1 N–H and O–H groups in total. The maximum Gasteiger partial charge on any atom is 0.410 e. The van der Waals surface area contributed by atoms with Crippen molar-refractivity contribution < 1.29 is 14.3 Å². The number of rotatable bonds is 2. The van der Waals surface area contributed by atoms with Crippen LogP contribution in [0.15, 0.2) is 30.6 Å². The molecule has 0 spiro atoms. The molecule has 0 bridgehead atoms. The van der Waals surface area contributed by atoms with E-state index in [9.17, 15) is 9.59 Å². The number of carbonyl (C=O) groups is 2. The third-order valence-corrected chi connectivity index (χ3v) is 6.90. The minimum absolute atomic E-state index is 0.00131. The van der Waals surface area contributed by atoms with Gasteiger partial charge in [-0.25, -0.2) is 14.6 Å². The van der Waals surface area contributed by atoms with Crippen LogP contribution in [0.1, 0.15) is 38.8 Å². The third kappa shape index (κ3) is 4.92. The zero-order valence-corrected chi connectivity index (χ0v) is 22.4. The van der Waals surface area contributed by atoms with Gasteiger partial charge in [-0.3, -0.25) is 9.58 Å². The second kappa shape index (κ2) is 9.24. The number of hydrogen-bond acceptors (Lipinski definition) is 6. The number of nitrogens with zero attached hydrogens (tertiary/aromatic N) is 6. The number of amides is 3. The van der Waals surface area contributed by atoms with E-state index in [0.29, 0.717) is 32.0 Å². The summed E-state index contributed by atoms with van der Waals surface area (Å²) in [5.41, 5.74) is 4.24. The van der Waals surface area contributed by atoms with Crippen LogP contribution in [-0.4, -0.2) is 69.6 Å². The molecule has 5 rings (SSSR count). The van der Waals surface area contributed by atoms with Gasteiger partial charge >= 0.3 is 12.1 Å². The average molecular weight is 506 g/mol. The summed E-state index contributed by atoms with van der Waals surface area (Å²) < 4.78 is 7.36. The summed E-state index contributed by atoms with van der Waals surface area (Å²) in [5, 5.41) is 8.49. The maximum atomic E-state index is 13.3. The topological polar surface area (TPSA) is 95.8 Å². The summed E-state index contributed by atoms with van der Waals surface area (Å²) >= 11 is 0. The largest absolute Gasteiger partial charge is 0.444 e. The van der Waals surface area contributed by atoms with Crippen LogP contribution < -0.4 is 15.1 Å². The first kappa shape index (κ1) is 24.9. The lowest BCUT2D eigenvalue weighted by atomic mass is 10.1.